The summed E-state index contributed by atoms with van der Waals surface area (Å²) in [5.41, 5.74) is -1.62. The quantitative estimate of drug-likeness (QED) is 0.108. The summed E-state index contributed by atoms with van der Waals surface area (Å²) in [6.45, 7) is 27.4. The molecule has 0 spiro atoms. The van der Waals surface area contributed by atoms with Crippen molar-refractivity contribution in [2.24, 2.45) is 35.5 Å². The average molecular weight is 1250 g/mol. The molecule has 1 rings (SSSR count). The van der Waals surface area contributed by atoms with Gasteiger partial charge in [0.2, 0.25) is 65.0 Å². The number of hydrogen-bond donors (Lipinski definition) is 7. The number of carbonyl (C=O) groups is 11. The average Bonchev–Trinajstić information content (AvgIpc) is 2.21. The van der Waals surface area contributed by atoms with Gasteiger partial charge < -0.3 is 70.9 Å². The van der Waals surface area contributed by atoms with Crippen LogP contribution >= 0.6 is 0 Å². The molecule has 0 radical (unpaired) electrons. The van der Waals surface area contributed by atoms with Crippen LogP contribution in [0.4, 0.5) is 0 Å². The SMILES string of the molecule is CC=CC[C@@H](C)[C@@H](O)[C@H]1C(=O)N[C@@H](CC)C(=O)N(C)C(CO)C(=O)N(C)[C@@H](CC(C)(C)O)C(=O)N[C@@H](C(C)C)C(=O)N(C)[C@@H](CC(C)C)C(=O)N[C@@H](C)C(=O)N[C@H](C)C(=O)N(C)[C@@H](CC(C)C)C(=O)N(C)[C@@H](CC(C)C)C(=O)N(C)[C@@H](C(C)C)C(=O)N1C. The minimum atomic E-state index is -1.70. The normalized spacial score (nSPS) is 27.4. The van der Waals surface area contributed by atoms with Crippen LogP contribution < -0.4 is 21.3 Å². The molecule has 11 amide bonds. The molecule has 1 unspecified atom stereocenters. The maximum Gasteiger partial charge on any atom is 0.248 e. The zero-order chi connectivity index (χ0) is 68.5. The van der Waals surface area contributed by atoms with E-state index in [1.54, 1.807) is 60.6 Å². The lowest BCUT2D eigenvalue weighted by Crippen LogP contribution is -2.64. The van der Waals surface area contributed by atoms with Crippen LogP contribution in [0.25, 0.3) is 0 Å². The fraction of sp³-hybridized carbons (Fsp3) is 0.794. The predicted molar refractivity (Wildman–Crippen MR) is 336 cm³/mol. The lowest BCUT2D eigenvalue weighted by atomic mass is 9.91. The third-order valence-electron chi connectivity index (χ3n) is 16.6. The van der Waals surface area contributed by atoms with Gasteiger partial charge in [-0.15, -0.1) is 0 Å². The summed E-state index contributed by atoms with van der Waals surface area (Å²) >= 11 is 0. The van der Waals surface area contributed by atoms with E-state index in [1.165, 1.54) is 91.7 Å². The van der Waals surface area contributed by atoms with E-state index in [1.807, 2.05) is 41.5 Å². The molecule has 0 bridgehead atoms. The number of aliphatic hydroxyl groups excluding tert-OH is 2. The molecule has 1 fully saturated rings. The van der Waals surface area contributed by atoms with Gasteiger partial charge in [0.15, 0.2) is 0 Å². The monoisotopic (exact) mass is 1250 g/mol. The van der Waals surface area contributed by atoms with Gasteiger partial charge >= 0.3 is 0 Å². The zero-order valence-corrected chi connectivity index (χ0v) is 57.5. The Morgan fingerprint density at radius 2 is 0.886 bits per heavy atom. The molecule has 25 heteroatoms. The lowest BCUT2D eigenvalue weighted by Gasteiger charge is -2.41. The third-order valence-corrected chi connectivity index (χ3v) is 16.6. The Morgan fingerprint density at radius 1 is 0.477 bits per heavy atom. The van der Waals surface area contributed by atoms with E-state index < -0.39 is 174 Å². The Bertz CT molecular complexity index is 2430. The van der Waals surface area contributed by atoms with Gasteiger partial charge in [0.1, 0.15) is 66.5 Å². The third kappa shape index (κ3) is 21.8. The summed E-state index contributed by atoms with van der Waals surface area (Å²) in [5.74, 6) is -11.1. The Balaban J connectivity index is 4.45. The van der Waals surface area contributed by atoms with Crippen molar-refractivity contribution >= 4 is 65.0 Å². The topological polar surface area (TPSA) is 319 Å². The lowest BCUT2D eigenvalue weighted by molar-refractivity contribution is -0.157. The van der Waals surface area contributed by atoms with Gasteiger partial charge in [0.05, 0.1) is 18.3 Å². The first-order valence-electron chi connectivity index (χ1n) is 31.2. The fourth-order valence-electron chi connectivity index (χ4n) is 11.0. The van der Waals surface area contributed by atoms with Crippen LogP contribution in [-0.4, -0.2) is 249 Å². The minimum absolute atomic E-state index is 0.0987. The van der Waals surface area contributed by atoms with E-state index in [-0.39, 0.29) is 49.9 Å². The van der Waals surface area contributed by atoms with Crippen molar-refractivity contribution in [3.05, 3.63) is 12.2 Å². The van der Waals surface area contributed by atoms with Crippen molar-refractivity contribution in [1.82, 2.24) is 55.6 Å². The summed E-state index contributed by atoms with van der Waals surface area (Å²) in [7, 11) is 9.40. The molecule has 1 aliphatic heterocycles. The van der Waals surface area contributed by atoms with Gasteiger partial charge in [-0.25, -0.2) is 0 Å². The first kappa shape index (κ1) is 79.8. The largest absolute Gasteiger partial charge is 0.394 e. The number of hydrogen-bond acceptors (Lipinski definition) is 14. The van der Waals surface area contributed by atoms with Gasteiger partial charge in [-0.2, -0.15) is 0 Å². The molecule has 88 heavy (non-hydrogen) atoms. The molecule has 0 aromatic carbocycles. The smallest absolute Gasteiger partial charge is 0.248 e. The molecular weight excluding hydrogens is 1130 g/mol. The molecule has 7 N–H and O–H groups in total. The van der Waals surface area contributed by atoms with Crippen LogP contribution in [0.15, 0.2) is 12.2 Å². The van der Waals surface area contributed by atoms with E-state index in [2.05, 4.69) is 21.3 Å². The number of amides is 11. The summed E-state index contributed by atoms with van der Waals surface area (Å²) in [4.78, 5) is 169. The van der Waals surface area contributed by atoms with Crippen molar-refractivity contribution in [1.29, 1.82) is 0 Å². The van der Waals surface area contributed by atoms with Gasteiger partial charge in [0.25, 0.3) is 0 Å². The number of carbonyl (C=O) groups excluding carboxylic acids is 11. The Morgan fingerprint density at radius 3 is 1.33 bits per heavy atom. The molecule has 1 saturated heterocycles. The standard InChI is InChI=1S/C63H113N11O14/c1-25-27-28-39(13)51(76)50-55(80)66-42(26-2)57(82)72(22)47(33-75)60(85)71(21)46(32-63(16,17)88)54(79)67-48(37(9)10)61(86)68(18)43(29-34(3)4)53(78)64-40(14)52(77)65-41(15)56(81)69(19)44(30-35(5)6)58(83)70(20)45(31-36(7)8)59(84)73(23)49(38(11)12)62(87)74(50)24/h25,27,34-51,75-76,88H,26,28-33H2,1-24H3,(H,64,78)(H,65,77)(H,66,80)(H,67,79)/t39-,40+,41-,42+,43+,44+,45+,46+,47?,48+,49+,50+,51-/m1/s1. The molecule has 504 valence electrons. The predicted octanol–water partition coefficient (Wildman–Crippen LogP) is 1.74. The first-order chi connectivity index (χ1) is 40.5. The molecule has 13 atom stereocenters. The van der Waals surface area contributed by atoms with Crippen molar-refractivity contribution in [2.45, 2.75) is 234 Å². The number of rotatable bonds is 16. The summed E-state index contributed by atoms with van der Waals surface area (Å²) < 4.78 is 0. The van der Waals surface area contributed by atoms with Gasteiger partial charge in [-0.05, 0) is 102 Å². The minimum Gasteiger partial charge on any atom is -0.394 e. The van der Waals surface area contributed by atoms with Crippen molar-refractivity contribution < 1.29 is 68.1 Å². The Labute approximate surface area is 524 Å². The Kier molecular flexibility index (Phi) is 32.0. The van der Waals surface area contributed by atoms with E-state index in [0.717, 1.165) is 19.6 Å². The molecule has 0 aromatic heterocycles. The molecule has 0 saturated carbocycles. The van der Waals surface area contributed by atoms with E-state index in [0.29, 0.717) is 0 Å². The van der Waals surface area contributed by atoms with Crippen molar-refractivity contribution in [3.63, 3.8) is 0 Å². The van der Waals surface area contributed by atoms with Crippen molar-refractivity contribution in [3.8, 4) is 0 Å². The number of aliphatic hydroxyl groups is 3. The van der Waals surface area contributed by atoms with Gasteiger partial charge in [0, 0.05) is 55.8 Å². The van der Waals surface area contributed by atoms with E-state index in [9.17, 15) is 58.5 Å². The second-order valence-corrected chi connectivity index (χ2v) is 26.9. The summed E-state index contributed by atoms with van der Waals surface area (Å²) in [6, 6.07) is -15.1. The highest BCUT2D eigenvalue weighted by atomic mass is 16.3. The molecule has 0 aliphatic carbocycles. The van der Waals surface area contributed by atoms with Crippen LogP contribution in [0.3, 0.4) is 0 Å². The van der Waals surface area contributed by atoms with Crippen LogP contribution in [0.5, 0.6) is 0 Å². The summed E-state index contributed by atoms with van der Waals surface area (Å²) in [6.07, 6.45) is 2.07. The van der Waals surface area contributed by atoms with Crippen molar-refractivity contribution in [2.75, 3.05) is 55.9 Å². The summed E-state index contributed by atoms with van der Waals surface area (Å²) in [5, 5.41) is 44.9. The highest BCUT2D eigenvalue weighted by Gasteiger charge is 2.46. The zero-order valence-electron chi connectivity index (χ0n) is 57.5. The molecule has 1 heterocycles. The van der Waals surface area contributed by atoms with Crippen LogP contribution in [0.2, 0.25) is 0 Å². The van der Waals surface area contributed by atoms with Crippen LogP contribution in [0.1, 0.15) is 156 Å². The van der Waals surface area contributed by atoms with Gasteiger partial charge in [-0.1, -0.05) is 95.2 Å². The maximum atomic E-state index is 15.2. The number of allylic oxidation sites excluding steroid dienone is 2. The molecule has 25 nitrogen and oxygen atoms in total. The van der Waals surface area contributed by atoms with Gasteiger partial charge in [-0.3, -0.25) is 52.7 Å². The first-order valence-corrected chi connectivity index (χ1v) is 31.2. The molecule has 0 aromatic rings. The van der Waals surface area contributed by atoms with E-state index in [4.69, 9.17) is 0 Å². The highest BCUT2D eigenvalue weighted by Crippen LogP contribution is 2.26. The number of nitrogens with zero attached hydrogens (tertiary/aromatic N) is 7. The molecule has 1 aliphatic rings. The van der Waals surface area contributed by atoms with Crippen LogP contribution in [0, 0.1) is 35.5 Å². The number of nitrogens with one attached hydrogen (secondary N) is 4. The van der Waals surface area contributed by atoms with E-state index >= 15 is 9.59 Å². The highest BCUT2D eigenvalue weighted by molar-refractivity contribution is 6.00. The molecular formula is C63H113N11O14. The second kappa shape index (κ2) is 35.3. The Hall–Kier alpha value is -6.21. The second-order valence-electron chi connectivity index (χ2n) is 26.9. The maximum absolute atomic E-state index is 15.2. The fourth-order valence-corrected chi connectivity index (χ4v) is 11.0. The van der Waals surface area contributed by atoms with Crippen LogP contribution in [-0.2, 0) is 52.7 Å². The number of likely N-dealkylation sites (N-methyl/N-ethyl adjacent to an activating group) is 7.